The Kier molecular flexibility index (Phi) is 4.54. The van der Waals surface area contributed by atoms with Crippen molar-refractivity contribution in [1.29, 1.82) is 0 Å². The first kappa shape index (κ1) is 11.4. The quantitative estimate of drug-likeness (QED) is 0.704. The van der Waals surface area contributed by atoms with E-state index >= 15 is 0 Å². The lowest BCUT2D eigenvalue weighted by molar-refractivity contribution is 0.769. The van der Waals surface area contributed by atoms with Crippen LogP contribution in [0.3, 0.4) is 0 Å². The van der Waals surface area contributed by atoms with E-state index in [1.807, 2.05) is 38.2 Å². The molecule has 0 fully saturated rings. The van der Waals surface area contributed by atoms with Crippen LogP contribution in [0.25, 0.3) is 5.70 Å². The van der Waals surface area contributed by atoms with Gasteiger partial charge >= 0.3 is 0 Å². The van der Waals surface area contributed by atoms with Crippen LogP contribution in [-0.4, -0.2) is 15.0 Å². The zero-order chi connectivity index (χ0) is 11.1. The molecule has 1 rings (SSSR count). The number of hydrogen-bond donors (Lipinski definition) is 0. The topological polar surface area (TPSA) is 30.7 Å². The molecule has 0 aliphatic rings. The fourth-order valence-corrected chi connectivity index (χ4v) is 1.13. The maximum Gasteiger partial charge on any atom is 0.0853 e. The van der Waals surface area contributed by atoms with Gasteiger partial charge in [-0.3, -0.25) is 0 Å². The maximum absolute atomic E-state index is 4.26. The largest absolute Gasteiger partial charge is 0.157 e. The minimum Gasteiger partial charge on any atom is -0.157 e. The van der Waals surface area contributed by atoms with E-state index in [-0.39, 0.29) is 0 Å². The van der Waals surface area contributed by atoms with E-state index in [9.17, 15) is 0 Å². The number of hydrogen-bond acceptors (Lipinski definition) is 2. The predicted molar refractivity (Wildman–Crippen MR) is 63.3 cm³/mol. The van der Waals surface area contributed by atoms with Gasteiger partial charge < -0.3 is 0 Å². The summed E-state index contributed by atoms with van der Waals surface area (Å²) in [6, 6.07) is 0. The summed E-state index contributed by atoms with van der Waals surface area (Å²) in [6.07, 6.45) is 12.9. The van der Waals surface area contributed by atoms with Crippen LogP contribution < -0.4 is 0 Å². The van der Waals surface area contributed by atoms with Crippen molar-refractivity contribution in [2.75, 3.05) is 0 Å². The van der Waals surface area contributed by atoms with Crippen molar-refractivity contribution in [3.05, 3.63) is 42.3 Å². The number of aryl methyl sites for hydroxylation is 1. The molecule has 1 heterocycles. The molecule has 0 aromatic carbocycles. The van der Waals surface area contributed by atoms with Crippen molar-refractivity contribution < 1.29 is 0 Å². The van der Waals surface area contributed by atoms with Crippen LogP contribution in [0.5, 0.6) is 0 Å². The van der Waals surface area contributed by atoms with Gasteiger partial charge in [0.15, 0.2) is 0 Å². The first-order valence-corrected chi connectivity index (χ1v) is 5.16. The summed E-state index contributed by atoms with van der Waals surface area (Å²) < 4.78 is 0. The molecular formula is C12H17N3. The Labute approximate surface area is 90.8 Å². The highest BCUT2D eigenvalue weighted by molar-refractivity contribution is 5.56. The average Bonchev–Trinajstić information content (AvgIpc) is 2.64. The minimum atomic E-state index is 0.921. The smallest absolute Gasteiger partial charge is 0.0853 e. The Morgan fingerprint density at radius 3 is 2.87 bits per heavy atom. The lowest BCUT2D eigenvalue weighted by atomic mass is 10.3. The van der Waals surface area contributed by atoms with Gasteiger partial charge in [0.1, 0.15) is 0 Å². The Balaban J connectivity index is 2.92. The summed E-state index contributed by atoms with van der Waals surface area (Å²) in [7, 11) is 0. The molecule has 0 amide bonds. The monoisotopic (exact) mass is 203 g/mol. The first-order valence-electron chi connectivity index (χ1n) is 5.16. The Bertz CT molecular complexity index is 383. The molecule has 1 aromatic heterocycles. The molecule has 0 saturated heterocycles. The normalized spacial score (nSPS) is 13.1. The van der Waals surface area contributed by atoms with Crippen molar-refractivity contribution in [3.8, 4) is 0 Å². The molecule has 0 saturated carbocycles. The van der Waals surface area contributed by atoms with Crippen molar-refractivity contribution in [2.45, 2.75) is 27.2 Å². The highest BCUT2D eigenvalue weighted by Gasteiger charge is 1.97. The zero-order valence-electron chi connectivity index (χ0n) is 9.51. The molecule has 0 radical (unpaired) electrons. The summed E-state index contributed by atoms with van der Waals surface area (Å²) in [4.78, 5) is 1.63. The lowest BCUT2D eigenvalue weighted by Crippen LogP contribution is -1.99. The summed E-state index contributed by atoms with van der Waals surface area (Å²) >= 11 is 0. The summed E-state index contributed by atoms with van der Waals surface area (Å²) in [5.74, 6) is 0. The molecule has 80 valence electrons. The van der Waals surface area contributed by atoms with Gasteiger partial charge in [-0.05, 0) is 32.4 Å². The van der Waals surface area contributed by atoms with Gasteiger partial charge in [0.05, 0.1) is 17.6 Å². The van der Waals surface area contributed by atoms with Gasteiger partial charge in [0, 0.05) is 0 Å². The molecule has 0 spiro atoms. The predicted octanol–water partition coefficient (Wildman–Crippen LogP) is 2.97. The van der Waals surface area contributed by atoms with E-state index in [1.54, 1.807) is 11.0 Å². The van der Waals surface area contributed by atoms with Crippen LogP contribution in [0.15, 0.2) is 36.6 Å². The zero-order valence-corrected chi connectivity index (χ0v) is 9.51. The number of allylic oxidation sites excluding steroid dienone is 6. The Morgan fingerprint density at radius 1 is 1.53 bits per heavy atom. The van der Waals surface area contributed by atoms with Gasteiger partial charge in [0.25, 0.3) is 0 Å². The summed E-state index contributed by atoms with van der Waals surface area (Å²) in [5, 5.41) is 8.43. The third kappa shape index (κ3) is 3.54. The van der Waals surface area contributed by atoms with E-state index in [4.69, 9.17) is 0 Å². The fourth-order valence-electron chi connectivity index (χ4n) is 1.13. The Morgan fingerprint density at radius 2 is 2.33 bits per heavy atom. The first-order chi connectivity index (χ1) is 7.27. The van der Waals surface area contributed by atoms with Crippen molar-refractivity contribution in [1.82, 2.24) is 15.0 Å². The third-order valence-corrected chi connectivity index (χ3v) is 1.81. The number of rotatable bonds is 4. The molecule has 15 heavy (non-hydrogen) atoms. The fraction of sp³-hybridized carbons (Fsp3) is 0.333. The van der Waals surface area contributed by atoms with Crippen molar-refractivity contribution in [3.63, 3.8) is 0 Å². The standard InChI is InChI=1S/C12H17N3/c1-4-6-7-9-12(8-5-2)15-13-10-11(3)14-15/h5-10H,4H2,1-3H3/b7-6+,8-5-,12-9+. The molecule has 0 aliphatic heterocycles. The molecule has 1 aromatic rings. The van der Waals surface area contributed by atoms with Gasteiger partial charge in [-0.25, -0.2) is 0 Å². The molecule has 3 nitrogen and oxygen atoms in total. The molecule has 3 heteroatoms. The number of aromatic nitrogens is 3. The average molecular weight is 203 g/mol. The van der Waals surface area contributed by atoms with Crippen LogP contribution in [0, 0.1) is 6.92 Å². The lowest BCUT2D eigenvalue weighted by Gasteiger charge is -1.98. The van der Waals surface area contributed by atoms with E-state index in [0.717, 1.165) is 17.8 Å². The van der Waals surface area contributed by atoms with Crippen LogP contribution in [0.4, 0.5) is 0 Å². The van der Waals surface area contributed by atoms with Crippen molar-refractivity contribution in [2.24, 2.45) is 0 Å². The second kappa shape index (κ2) is 5.96. The van der Waals surface area contributed by atoms with Crippen molar-refractivity contribution >= 4 is 5.70 Å². The molecule has 0 atom stereocenters. The van der Waals surface area contributed by atoms with Crippen LogP contribution in [-0.2, 0) is 0 Å². The van der Waals surface area contributed by atoms with E-state index < -0.39 is 0 Å². The van der Waals surface area contributed by atoms with E-state index in [2.05, 4.69) is 23.2 Å². The van der Waals surface area contributed by atoms with E-state index in [1.165, 1.54) is 0 Å². The maximum atomic E-state index is 4.26. The Hall–Kier alpha value is -1.64. The van der Waals surface area contributed by atoms with Crippen LogP contribution in [0.1, 0.15) is 26.0 Å². The second-order valence-corrected chi connectivity index (χ2v) is 3.20. The highest BCUT2D eigenvalue weighted by atomic mass is 15.5. The summed E-state index contributed by atoms with van der Waals surface area (Å²) in [6.45, 7) is 6.02. The van der Waals surface area contributed by atoms with Crippen LogP contribution in [0.2, 0.25) is 0 Å². The van der Waals surface area contributed by atoms with Gasteiger partial charge in [0.2, 0.25) is 0 Å². The molecule has 0 N–H and O–H groups in total. The molecular weight excluding hydrogens is 186 g/mol. The minimum absolute atomic E-state index is 0.921. The summed E-state index contributed by atoms with van der Waals surface area (Å²) in [5.41, 5.74) is 1.89. The highest BCUT2D eigenvalue weighted by Crippen LogP contribution is 2.04. The number of nitrogens with zero attached hydrogens (tertiary/aromatic N) is 3. The van der Waals surface area contributed by atoms with Crippen LogP contribution >= 0.6 is 0 Å². The third-order valence-electron chi connectivity index (χ3n) is 1.81. The molecule has 0 aliphatic carbocycles. The second-order valence-electron chi connectivity index (χ2n) is 3.20. The van der Waals surface area contributed by atoms with Gasteiger partial charge in [-0.2, -0.15) is 15.0 Å². The van der Waals surface area contributed by atoms with Gasteiger partial charge in [-0.1, -0.05) is 25.2 Å². The SMILES string of the molecule is C\C=C/C(=C\C=C\CC)n1ncc(C)n1. The molecule has 0 bridgehead atoms. The molecule has 0 unspecified atom stereocenters. The van der Waals surface area contributed by atoms with E-state index in [0.29, 0.717) is 0 Å². The van der Waals surface area contributed by atoms with Gasteiger partial charge in [-0.15, -0.1) is 0 Å².